The summed E-state index contributed by atoms with van der Waals surface area (Å²) in [7, 11) is 0. The molecule has 3 rings (SSSR count). The predicted molar refractivity (Wildman–Crippen MR) is 104 cm³/mol. The van der Waals surface area contributed by atoms with Crippen molar-refractivity contribution in [1.82, 2.24) is 5.06 Å². The van der Waals surface area contributed by atoms with E-state index in [2.05, 4.69) is 0 Å². The van der Waals surface area contributed by atoms with Crippen LogP contribution in [-0.4, -0.2) is 17.6 Å². The fourth-order valence-electron chi connectivity index (χ4n) is 2.53. The second-order valence-electron chi connectivity index (χ2n) is 5.80. The number of nitrogens with zero attached hydrogens (tertiary/aromatic N) is 1. The molecule has 0 heterocycles. The summed E-state index contributed by atoms with van der Waals surface area (Å²) in [5, 5.41) is 1.42. The van der Waals surface area contributed by atoms with E-state index in [4.69, 9.17) is 4.84 Å². The zero-order valence-corrected chi connectivity index (χ0v) is 14.5. The third kappa shape index (κ3) is 5.16. The minimum absolute atomic E-state index is 0.150. The summed E-state index contributed by atoms with van der Waals surface area (Å²) in [6.07, 6.45) is 3.89. The topological polar surface area (TPSA) is 29.5 Å². The summed E-state index contributed by atoms with van der Waals surface area (Å²) < 4.78 is 0. The molecule has 0 bridgehead atoms. The molecule has 0 saturated heterocycles. The van der Waals surface area contributed by atoms with E-state index in [1.807, 2.05) is 91.0 Å². The lowest BCUT2D eigenvalue weighted by molar-refractivity contribution is -0.118. The second kappa shape index (κ2) is 9.35. The molecular formula is C23H21NO2. The normalized spacial score (nSPS) is 10.8. The Labute approximate surface area is 154 Å². The number of hydrogen-bond acceptors (Lipinski definition) is 2. The first-order chi connectivity index (χ1) is 12.8. The number of amides is 1. The largest absolute Gasteiger partial charge is 0.277 e. The first-order valence-electron chi connectivity index (χ1n) is 8.58. The van der Waals surface area contributed by atoms with Crippen LogP contribution in [0.5, 0.6) is 0 Å². The highest BCUT2D eigenvalue weighted by molar-refractivity contribution is 5.93. The van der Waals surface area contributed by atoms with Gasteiger partial charge < -0.3 is 0 Å². The van der Waals surface area contributed by atoms with Crippen molar-refractivity contribution < 1.29 is 9.63 Å². The van der Waals surface area contributed by atoms with Crippen molar-refractivity contribution in [2.45, 2.75) is 6.54 Å². The standard InChI is InChI=1S/C23H21NO2/c25-23(22-16-8-3-9-17-22)24(19-21-13-6-2-7-14-21)26-18-10-15-20-11-4-1-5-12-20/h1-17H,18-19H2/b15-10+. The monoisotopic (exact) mass is 343 g/mol. The van der Waals surface area contributed by atoms with Crippen molar-refractivity contribution in [2.75, 3.05) is 6.61 Å². The predicted octanol–water partition coefficient (Wildman–Crippen LogP) is 4.97. The van der Waals surface area contributed by atoms with Crippen molar-refractivity contribution in [3.63, 3.8) is 0 Å². The summed E-state index contributed by atoms with van der Waals surface area (Å²) in [6, 6.07) is 29.0. The van der Waals surface area contributed by atoms with Crippen molar-refractivity contribution in [2.24, 2.45) is 0 Å². The minimum atomic E-state index is -0.150. The van der Waals surface area contributed by atoms with Gasteiger partial charge in [-0.15, -0.1) is 0 Å². The highest BCUT2D eigenvalue weighted by Crippen LogP contribution is 2.11. The number of benzene rings is 3. The average molecular weight is 343 g/mol. The average Bonchev–Trinajstić information content (AvgIpc) is 2.72. The molecule has 3 aromatic rings. The Morgan fingerprint density at radius 3 is 2.04 bits per heavy atom. The Morgan fingerprint density at radius 1 is 0.808 bits per heavy atom. The van der Waals surface area contributed by atoms with Gasteiger partial charge in [-0.2, -0.15) is 0 Å². The molecule has 3 heteroatoms. The van der Waals surface area contributed by atoms with Crippen LogP contribution in [0.25, 0.3) is 6.08 Å². The van der Waals surface area contributed by atoms with E-state index in [0.29, 0.717) is 18.7 Å². The van der Waals surface area contributed by atoms with Crippen LogP contribution in [0, 0.1) is 0 Å². The lowest BCUT2D eigenvalue weighted by Gasteiger charge is -2.21. The molecule has 0 aromatic heterocycles. The molecule has 0 N–H and O–H groups in total. The zero-order valence-electron chi connectivity index (χ0n) is 14.5. The lowest BCUT2D eigenvalue weighted by atomic mass is 10.2. The van der Waals surface area contributed by atoms with Crippen LogP contribution in [0.1, 0.15) is 21.5 Å². The first-order valence-corrected chi connectivity index (χ1v) is 8.58. The van der Waals surface area contributed by atoms with E-state index in [0.717, 1.165) is 11.1 Å². The molecule has 0 spiro atoms. The molecule has 130 valence electrons. The fraction of sp³-hybridized carbons (Fsp3) is 0.0870. The van der Waals surface area contributed by atoms with Gasteiger partial charge in [-0.05, 0) is 23.3 Å². The van der Waals surface area contributed by atoms with Crippen LogP contribution >= 0.6 is 0 Å². The van der Waals surface area contributed by atoms with Gasteiger partial charge in [0, 0.05) is 5.56 Å². The zero-order chi connectivity index (χ0) is 18.0. The van der Waals surface area contributed by atoms with Crippen molar-refractivity contribution in [1.29, 1.82) is 0 Å². The Hall–Kier alpha value is -3.17. The smallest absolute Gasteiger partial charge is 0.267 e. The van der Waals surface area contributed by atoms with Gasteiger partial charge in [0.1, 0.15) is 0 Å². The number of rotatable bonds is 7. The fourth-order valence-corrected chi connectivity index (χ4v) is 2.53. The summed E-state index contributed by atoms with van der Waals surface area (Å²) in [4.78, 5) is 18.6. The van der Waals surface area contributed by atoms with Gasteiger partial charge >= 0.3 is 0 Å². The summed E-state index contributed by atoms with van der Waals surface area (Å²) >= 11 is 0. The molecule has 1 amide bonds. The molecule has 0 aliphatic rings. The van der Waals surface area contributed by atoms with E-state index >= 15 is 0 Å². The molecule has 26 heavy (non-hydrogen) atoms. The molecule has 0 saturated carbocycles. The van der Waals surface area contributed by atoms with Crippen LogP contribution in [0.2, 0.25) is 0 Å². The molecule has 0 aliphatic heterocycles. The molecule has 0 unspecified atom stereocenters. The van der Waals surface area contributed by atoms with Gasteiger partial charge in [-0.25, -0.2) is 5.06 Å². The Bertz CT molecular complexity index is 830. The van der Waals surface area contributed by atoms with Crippen LogP contribution in [-0.2, 0) is 11.4 Å². The highest BCUT2D eigenvalue weighted by atomic mass is 16.7. The number of hydroxylamine groups is 2. The van der Waals surface area contributed by atoms with Gasteiger partial charge in [0.2, 0.25) is 0 Å². The molecular weight excluding hydrogens is 322 g/mol. The molecule has 3 aromatic carbocycles. The molecule has 0 radical (unpaired) electrons. The third-order valence-corrected chi connectivity index (χ3v) is 3.85. The van der Waals surface area contributed by atoms with Crippen molar-refractivity contribution in [3.8, 4) is 0 Å². The molecule has 0 aliphatic carbocycles. The van der Waals surface area contributed by atoms with Crippen LogP contribution in [0.15, 0.2) is 97.1 Å². The maximum Gasteiger partial charge on any atom is 0.277 e. The van der Waals surface area contributed by atoms with Gasteiger partial charge in [-0.1, -0.05) is 91.0 Å². The van der Waals surface area contributed by atoms with E-state index in [1.165, 1.54) is 5.06 Å². The Kier molecular flexibility index (Phi) is 6.35. The molecule has 0 atom stereocenters. The Morgan fingerprint density at radius 2 is 1.38 bits per heavy atom. The third-order valence-electron chi connectivity index (χ3n) is 3.85. The maximum absolute atomic E-state index is 12.8. The van der Waals surface area contributed by atoms with Crippen molar-refractivity contribution >= 4 is 12.0 Å². The summed E-state index contributed by atoms with van der Waals surface area (Å²) in [5.74, 6) is -0.150. The summed E-state index contributed by atoms with van der Waals surface area (Å²) in [6.45, 7) is 0.716. The van der Waals surface area contributed by atoms with Crippen LogP contribution in [0.4, 0.5) is 0 Å². The van der Waals surface area contributed by atoms with Crippen LogP contribution in [0.3, 0.4) is 0 Å². The quantitative estimate of drug-likeness (QED) is 0.567. The highest BCUT2D eigenvalue weighted by Gasteiger charge is 2.16. The van der Waals surface area contributed by atoms with Gasteiger partial charge in [0.25, 0.3) is 5.91 Å². The lowest BCUT2D eigenvalue weighted by Crippen LogP contribution is -2.31. The molecule has 3 nitrogen and oxygen atoms in total. The SMILES string of the molecule is O=C(c1ccccc1)N(Cc1ccccc1)OC/C=C/c1ccccc1. The second-order valence-corrected chi connectivity index (χ2v) is 5.80. The number of carbonyl (C=O) groups is 1. The van der Waals surface area contributed by atoms with E-state index in [9.17, 15) is 4.79 Å². The van der Waals surface area contributed by atoms with Gasteiger partial charge in [0.05, 0.1) is 13.2 Å². The van der Waals surface area contributed by atoms with E-state index in [1.54, 1.807) is 12.1 Å². The number of hydrogen-bond donors (Lipinski definition) is 0. The van der Waals surface area contributed by atoms with E-state index in [-0.39, 0.29) is 5.91 Å². The van der Waals surface area contributed by atoms with Crippen LogP contribution < -0.4 is 0 Å². The van der Waals surface area contributed by atoms with Crippen molar-refractivity contribution in [3.05, 3.63) is 114 Å². The molecule has 0 fully saturated rings. The first kappa shape index (κ1) is 17.6. The summed E-state index contributed by atoms with van der Waals surface area (Å²) in [5.41, 5.74) is 2.72. The Balaban J connectivity index is 1.68. The van der Waals surface area contributed by atoms with Gasteiger partial charge in [-0.3, -0.25) is 9.63 Å². The van der Waals surface area contributed by atoms with E-state index < -0.39 is 0 Å². The number of carbonyl (C=O) groups excluding carboxylic acids is 1. The van der Waals surface area contributed by atoms with Gasteiger partial charge in [0.15, 0.2) is 0 Å². The maximum atomic E-state index is 12.8. The minimum Gasteiger partial charge on any atom is -0.267 e.